The lowest BCUT2D eigenvalue weighted by molar-refractivity contribution is -0.190. The Balaban J connectivity index is 1.47. The second-order valence-electron chi connectivity index (χ2n) is 8.45. The fourth-order valence-corrected chi connectivity index (χ4v) is 4.77. The van der Waals surface area contributed by atoms with E-state index in [1.165, 1.54) is 5.56 Å². The van der Waals surface area contributed by atoms with Gasteiger partial charge in [0.05, 0.1) is 29.1 Å². The number of likely N-dealkylation sites (tertiary alicyclic amines) is 1. The van der Waals surface area contributed by atoms with Crippen molar-refractivity contribution in [3.05, 3.63) is 65.0 Å². The fourth-order valence-electron chi connectivity index (χ4n) is 4.77. The summed E-state index contributed by atoms with van der Waals surface area (Å²) < 4.78 is 12.7. The molecule has 0 radical (unpaired) electrons. The molecule has 2 atom stereocenters. The molecule has 2 aliphatic heterocycles. The van der Waals surface area contributed by atoms with Crippen LogP contribution in [0.3, 0.4) is 0 Å². The Hall–Kier alpha value is -2.75. The number of hydrogen-bond donors (Lipinski definition) is 0. The van der Waals surface area contributed by atoms with Gasteiger partial charge in [0.25, 0.3) is 5.91 Å². The van der Waals surface area contributed by atoms with Crippen molar-refractivity contribution in [2.24, 2.45) is 0 Å². The lowest BCUT2D eigenvalue weighted by Gasteiger charge is -2.48. The quantitative estimate of drug-likeness (QED) is 0.743. The zero-order valence-corrected chi connectivity index (χ0v) is 18.2. The summed E-state index contributed by atoms with van der Waals surface area (Å²) in [5, 5.41) is 9.09. The van der Waals surface area contributed by atoms with E-state index in [-0.39, 0.29) is 23.7 Å². The van der Waals surface area contributed by atoms with Gasteiger partial charge in [-0.2, -0.15) is 5.26 Å². The molecule has 1 aromatic carbocycles. The van der Waals surface area contributed by atoms with Crippen LogP contribution >= 0.6 is 0 Å². The van der Waals surface area contributed by atoms with Gasteiger partial charge in [-0.25, -0.2) is 4.98 Å². The molecule has 1 spiro atoms. The van der Waals surface area contributed by atoms with Crippen molar-refractivity contribution in [2.75, 3.05) is 19.7 Å². The summed E-state index contributed by atoms with van der Waals surface area (Å²) >= 11 is 0. The number of rotatable bonds is 4. The zero-order chi connectivity index (χ0) is 21.8. The summed E-state index contributed by atoms with van der Waals surface area (Å²) in [6, 6.07) is 15.7. The molecule has 0 bridgehead atoms. The number of carbonyl (C=O) groups is 1. The largest absolute Gasteiger partial charge is 0.378 e. The molecule has 162 valence electrons. The van der Waals surface area contributed by atoms with Gasteiger partial charge in [-0.3, -0.25) is 4.79 Å². The van der Waals surface area contributed by atoms with Crippen LogP contribution in [0.1, 0.15) is 66.0 Å². The molecule has 0 saturated carbocycles. The highest BCUT2D eigenvalue weighted by Crippen LogP contribution is 2.44. The summed E-state index contributed by atoms with van der Waals surface area (Å²) in [6.07, 6.45) is 3.45. The SMILES string of the molecule is CCO[C@H]1C[C@@H](c2ccccc2)OC2(CCN(C(=O)c3ccc(C#N)c(C)n3)CC2)C1. The molecule has 4 rings (SSSR count). The number of carbonyl (C=O) groups excluding carboxylic acids is 1. The third kappa shape index (κ3) is 4.63. The van der Waals surface area contributed by atoms with Gasteiger partial charge in [0.15, 0.2) is 0 Å². The molecule has 0 unspecified atom stereocenters. The van der Waals surface area contributed by atoms with Crippen molar-refractivity contribution in [1.82, 2.24) is 9.88 Å². The first-order valence-corrected chi connectivity index (χ1v) is 11.0. The maximum absolute atomic E-state index is 13.0. The lowest BCUT2D eigenvalue weighted by atomic mass is 9.80. The van der Waals surface area contributed by atoms with Crippen molar-refractivity contribution < 1.29 is 14.3 Å². The van der Waals surface area contributed by atoms with Crippen molar-refractivity contribution in [3.8, 4) is 6.07 Å². The van der Waals surface area contributed by atoms with E-state index in [9.17, 15) is 4.79 Å². The van der Waals surface area contributed by atoms with Crippen LogP contribution in [-0.2, 0) is 9.47 Å². The molecular formula is C25H29N3O3. The third-order valence-corrected chi connectivity index (χ3v) is 6.43. The Labute approximate surface area is 183 Å². The number of ether oxygens (including phenoxy) is 2. The first kappa shape index (κ1) is 21.5. The molecule has 6 nitrogen and oxygen atoms in total. The van der Waals surface area contributed by atoms with Crippen LogP contribution in [0.4, 0.5) is 0 Å². The summed E-state index contributed by atoms with van der Waals surface area (Å²) in [5.41, 5.74) is 2.39. The molecule has 2 aliphatic rings. The van der Waals surface area contributed by atoms with Crippen LogP contribution in [0.15, 0.2) is 42.5 Å². The van der Waals surface area contributed by atoms with E-state index in [1.54, 1.807) is 19.1 Å². The smallest absolute Gasteiger partial charge is 0.272 e. The van der Waals surface area contributed by atoms with E-state index in [4.69, 9.17) is 14.7 Å². The van der Waals surface area contributed by atoms with Crippen LogP contribution in [0, 0.1) is 18.3 Å². The van der Waals surface area contributed by atoms with E-state index in [0.717, 1.165) is 25.7 Å². The standard InChI is InChI=1S/C25H29N3O3/c1-3-30-21-15-23(19-7-5-4-6-8-19)31-25(16-21)11-13-28(14-12-25)24(29)22-10-9-20(17-26)18(2)27-22/h4-10,21,23H,3,11-16H2,1-2H3/t21-,23-/m0/s1. The van der Waals surface area contributed by atoms with Crippen molar-refractivity contribution in [3.63, 3.8) is 0 Å². The monoisotopic (exact) mass is 419 g/mol. The number of amides is 1. The van der Waals surface area contributed by atoms with Crippen LogP contribution in [-0.4, -0.2) is 47.2 Å². The zero-order valence-electron chi connectivity index (χ0n) is 18.2. The molecule has 1 aromatic heterocycles. The number of nitriles is 1. The van der Waals surface area contributed by atoms with E-state index in [1.807, 2.05) is 30.0 Å². The van der Waals surface area contributed by atoms with Crippen molar-refractivity contribution >= 4 is 5.91 Å². The molecule has 2 aromatic rings. The Morgan fingerprint density at radius 1 is 1.26 bits per heavy atom. The van der Waals surface area contributed by atoms with Gasteiger partial charge < -0.3 is 14.4 Å². The Kier molecular flexibility index (Phi) is 6.35. The number of aryl methyl sites for hydroxylation is 1. The van der Waals surface area contributed by atoms with Crippen molar-refractivity contribution in [1.29, 1.82) is 5.26 Å². The Morgan fingerprint density at radius 2 is 2.00 bits per heavy atom. The van der Waals surface area contributed by atoms with E-state index in [2.05, 4.69) is 23.2 Å². The minimum atomic E-state index is -0.274. The predicted octanol–water partition coefficient (Wildman–Crippen LogP) is 4.19. The van der Waals surface area contributed by atoms with Gasteiger partial charge in [-0.1, -0.05) is 30.3 Å². The summed E-state index contributed by atoms with van der Waals surface area (Å²) in [6.45, 7) is 5.73. The Bertz CT molecular complexity index is 962. The average Bonchev–Trinajstić information content (AvgIpc) is 2.79. The molecule has 6 heteroatoms. The number of pyridine rings is 1. The maximum atomic E-state index is 13.0. The third-order valence-electron chi connectivity index (χ3n) is 6.43. The minimum absolute atomic E-state index is 0.0107. The highest BCUT2D eigenvalue weighted by molar-refractivity contribution is 5.92. The number of hydrogen-bond acceptors (Lipinski definition) is 5. The highest BCUT2D eigenvalue weighted by Gasteiger charge is 2.45. The first-order chi connectivity index (χ1) is 15.0. The number of nitrogens with zero attached hydrogens (tertiary/aromatic N) is 3. The molecule has 0 aliphatic carbocycles. The second-order valence-corrected chi connectivity index (χ2v) is 8.45. The molecule has 2 fully saturated rings. The summed E-state index contributed by atoms with van der Waals surface area (Å²) in [5.74, 6) is -0.0841. The minimum Gasteiger partial charge on any atom is -0.378 e. The fraction of sp³-hybridized carbons (Fsp3) is 0.480. The van der Waals surface area contributed by atoms with E-state index >= 15 is 0 Å². The Morgan fingerprint density at radius 3 is 2.65 bits per heavy atom. The van der Waals surface area contributed by atoms with Crippen molar-refractivity contribution in [2.45, 2.75) is 57.3 Å². The molecule has 31 heavy (non-hydrogen) atoms. The highest BCUT2D eigenvalue weighted by atomic mass is 16.5. The second kappa shape index (κ2) is 9.17. The van der Waals surface area contributed by atoms with Crippen LogP contribution in [0.5, 0.6) is 0 Å². The maximum Gasteiger partial charge on any atom is 0.272 e. The number of aromatic nitrogens is 1. The normalized spacial score (nSPS) is 22.8. The van der Waals surface area contributed by atoms with Gasteiger partial charge in [-0.15, -0.1) is 0 Å². The van der Waals surface area contributed by atoms with Gasteiger partial charge in [0.2, 0.25) is 0 Å². The molecule has 1 amide bonds. The summed E-state index contributed by atoms with van der Waals surface area (Å²) in [4.78, 5) is 19.2. The molecule has 2 saturated heterocycles. The molecular weight excluding hydrogens is 390 g/mol. The predicted molar refractivity (Wildman–Crippen MR) is 116 cm³/mol. The molecule has 3 heterocycles. The van der Waals surface area contributed by atoms with Gasteiger partial charge in [0.1, 0.15) is 11.8 Å². The van der Waals surface area contributed by atoms with E-state index in [0.29, 0.717) is 36.6 Å². The van der Waals surface area contributed by atoms with E-state index < -0.39 is 0 Å². The van der Waals surface area contributed by atoms with Crippen LogP contribution in [0.2, 0.25) is 0 Å². The molecule has 0 N–H and O–H groups in total. The summed E-state index contributed by atoms with van der Waals surface area (Å²) in [7, 11) is 0. The number of piperidine rings is 1. The topological polar surface area (TPSA) is 75.5 Å². The first-order valence-electron chi connectivity index (χ1n) is 11.0. The van der Waals surface area contributed by atoms with Crippen LogP contribution < -0.4 is 0 Å². The van der Waals surface area contributed by atoms with Crippen LogP contribution in [0.25, 0.3) is 0 Å². The van der Waals surface area contributed by atoms with Gasteiger partial charge in [-0.05, 0) is 44.4 Å². The average molecular weight is 420 g/mol. The number of benzene rings is 1. The lowest BCUT2D eigenvalue weighted by Crippen LogP contribution is -2.52. The van der Waals surface area contributed by atoms with Gasteiger partial charge >= 0.3 is 0 Å². The van der Waals surface area contributed by atoms with Gasteiger partial charge in [0, 0.05) is 32.5 Å².